The minimum absolute atomic E-state index is 0.0661. The molecule has 152 valence electrons. The van der Waals surface area contributed by atoms with Crippen LogP contribution in [-0.2, 0) is 11.3 Å². The van der Waals surface area contributed by atoms with Crippen molar-refractivity contribution in [3.8, 4) is 11.5 Å². The van der Waals surface area contributed by atoms with Crippen molar-refractivity contribution in [3.63, 3.8) is 0 Å². The number of halogens is 1. The molecule has 0 bridgehead atoms. The molecule has 0 unspecified atom stereocenters. The summed E-state index contributed by atoms with van der Waals surface area (Å²) >= 11 is 7.14. The number of aryl methyl sites for hydroxylation is 1. The van der Waals surface area contributed by atoms with Crippen LogP contribution in [0.25, 0.3) is 11.5 Å². The van der Waals surface area contributed by atoms with Crippen molar-refractivity contribution >= 4 is 29.3 Å². The Morgan fingerprint density at radius 1 is 1.17 bits per heavy atom. The SMILES string of the molecule is Cc1cc(CN2CCN(C(=O)CSc3nnc(-c4ccc(Cl)cc4)o3)CC2)on1. The minimum Gasteiger partial charge on any atom is -0.411 e. The van der Waals surface area contributed by atoms with Crippen LogP contribution in [0.5, 0.6) is 0 Å². The lowest BCUT2D eigenvalue weighted by atomic mass is 10.2. The third-order valence-corrected chi connectivity index (χ3v) is 5.65. The van der Waals surface area contributed by atoms with E-state index in [1.165, 1.54) is 11.8 Å². The van der Waals surface area contributed by atoms with Gasteiger partial charge in [0.1, 0.15) is 0 Å². The first-order valence-electron chi connectivity index (χ1n) is 9.21. The molecule has 3 aromatic rings. The fraction of sp³-hybridized carbons (Fsp3) is 0.368. The van der Waals surface area contributed by atoms with Gasteiger partial charge >= 0.3 is 0 Å². The van der Waals surface area contributed by atoms with Crippen molar-refractivity contribution in [2.75, 3.05) is 31.9 Å². The van der Waals surface area contributed by atoms with Crippen LogP contribution < -0.4 is 0 Å². The Labute approximate surface area is 177 Å². The van der Waals surface area contributed by atoms with Crippen LogP contribution in [0.4, 0.5) is 0 Å². The van der Waals surface area contributed by atoms with E-state index in [1.807, 2.05) is 30.0 Å². The van der Waals surface area contributed by atoms with Gasteiger partial charge in [0, 0.05) is 42.8 Å². The Morgan fingerprint density at radius 3 is 2.62 bits per heavy atom. The van der Waals surface area contributed by atoms with Gasteiger partial charge in [-0.15, -0.1) is 10.2 Å². The fourth-order valence-corrected chi connectivity index (χ4v) is 3.85. The first kappa shape index (κ1) is 19.9. The van der Waals surface area contributed by atoms with Gasteiger partial charge in [0.15, 0.2) is 5.76 Å². The van der Waals surface area contributed by atoms with E-state index in [1.54, 1.807) is 12.1 Å². The maximum Gasteiger partial charge on any atom is 0.277 e. The molecule has 0 N–H and O–H groups in total. The van der Waals surface area contributed by atoms with E-state index in [2.05, 4.69) is 20.3 Å². The lowest BCUT2D eigenvalue weighted by Gasteiger charge is -2.34. The summed E-state index contributed by atoms with van der Waals surface area (Å²) in [4.78, 5) is 16.6. The maximum absolute atomic E-state index is 12.5. The van der Waals surface area contributed by atoms with Gasteiger partial charge in [-0.1, -0.05) is 28.5 Å². The molecular formula is C19H20ClN5O3S. The predicted molar refractivity (Wildman–Crippen MR) is 109 cm³/mol. The highest BCUT2D eigenvalue weighted by atomic mass is 35.5. The average Bonchev–Trinajstić information content (AvgIpc) is 3.36. The summed E-state index contributed by atoms with van der Waals surface area (Å²) in [7, 11) is 0. The number of carbonyl (C=O) groups excluding carboxylic acids is 1. The molecule has 0 aliphatic carbocycles. The molecule has 0 saturated carbocycles. The average molecular weight is 434 g/mol. The Morgan fingerprint density at radius 2 is 1.93 bits per heavy atom. The van der Waals surface area contributed by atoms with Gasteiger partial charge in [-0.3, -0.25) is 9.69 Å². The highest BCUT2D eigenvalue weighted by molar-refractivity contribution is 7.99. The zero-order valence-electron chi connectivity index (χ0n) is 15.9. The first-order chi connectivity index (χ1) is 14.1. The van der Waals surface area contributed by atoms with Crippen LogP contribution >= 0.6 is 23.4 Å². The van der Waals surface area contributed by atoms with Crippen molar-refractivity contribution in [2.24, 2.45) is 0 Å². The standard InChI is InChI=1S/C19H20ClN5O3S/c1-13-10-16(28-23-13)11-24-6-8-25(9-7-24)17(26)12-29-19-22-21-18(27-19)14-2-4-15(20)5-3-14/h2-5,10H,6-9,11-12H2,1H3. The van der Waals surface area contributed by atoms with Crippen molar-refractivity contribution in [2.45, 2.75) is 18.7 Å². The Hall–Kier alpha value is -2.36. The molecule has 0 spiro atoms. The zero-order valence-corrected chi connectivity index (χ0v) is 17.4. The van der Waals surface area contributed by atoms with Crippen LogP contribution in [0.15, 0.2) is 44.5 Å². The fourth-order valence-electron chi connectivity index (χ4n) is 3.06. The molecule has 1 aliphatic heterocycles. The molecule has 1 fully saturated rings. The third kappa shape index (κ3) is 5.17. The van der Waals surface area contributed by atoms with E-state index in [4.69, 9.17) is 20.5 Å². The summed E-state index contributed by atoms with van der Waals surface area (Å²) in [5.41, 5.74) is 1.67. The summed E-state index contributed by atoms with van der Waals surface area (Å²) in [5, 5.41) is 13.0. The van der Waals surface area contributed by atoms with Crippen molar-refractivity contribution in [1.29, 1.82) is 0 Å². The van der Waals surface area contributed by atoms with Crippen molar-refractivity contribution < 1.29 is 13.7 Å². The van der Waals surface area contributed by atoms with Gasteiger partial charge in [0.05, 0.1) is 18.0 Å². The van der Waals surface area contributed by atoms with Crippen LogP contribution in [-0.4, -0.2) is 63.0 Å². The molecule has 29 heavy (non-hydrogen) atoms. The number of benzene rings is 1. The van der Waals surface area contributed by atoms with Crippen LogP contribution in [0.2, 0.25) is 5.02 Å². The Bertz CT molecular complexity index is 966. The molecule has 4 rings (SSSR count). The second-order valence-corrected chi connectivity index (χ2v) is 8.12. The van der Waals surface area contributed by atoms with Crippen molar-refractivity contribution in [3.05, 3.63) is 46.8 Å². The molecular weight excluding hydrogens is 414 g/mol. The summed E-state index contributed by atoms with van der Waals surface area (Å²) in [6.07, 6.45) is 0. The van der Waals surface area contributed by atoms with Crippen molar-refractivity contribution in [1.82, 2.24) is 25.2 Å². The lowest BCUT2D eigenvalue weighted by Crippen LogP contribution is -2.48. The first-order valence-corrected chi connectivity index (χ1v) is 10.6. The molecule has 1 saturated heterocycles. The number of piperazine rings is 1. The Kier molecular flexibility index (Phi) is 6.17. The topological polar surface area (TPSA) is 88.5 Å². The van der Waals surface area contributed by atoms with Gasteiger partial charge in [-0.05, 0) is 31.2 Å². The largest absolute Gasteiger partial charge is 0.411 e. The summed E-state index contributed by atoms with van der Waals surface area (Å²) < 4.78 is 10.9. The van der Waals surface area contributed by atoms with E-state index < -0.39 is 0 Å². The molecule has 0 radical (unpaired) electrons. The molecule has 2 aromatic heterocycles. The van der Waals surface area contributed by atoms with E-state index in [0.29, 0.717) is 35.8 Å². The monoisotopic (exact) mass is 433 g/mol. The predicted octanol–water partition coefficient (Wildman–Crippen LogP) is 3.12. The lowest BCUT2D eigenvalue weighted by molar-refractivity contribution is -0.130. The molecule has 3 heterocycles. The van der Waals surface area contributed by atoms with Gasteiger partial charge in [0.25, 0.3) is 5.22 Å². The number of carbonyl (C=O) groups is 1. The molecule has 10 heteroatoms. The summed E-state index contributed by atoms with van der Waals surface area (Å²) in [6, 6.07) is 9.10. The molecule has 8 nitrogen and oxygen atoms in total. The van der Waals surface area contributed by atoms with E-state index >= 15 is 0 Å². The highest BCUT2D eigenvalue weighted by Gasteiger charge is 2.22. The van der Waals surface area contributed by atoms with Crippen LogP contribution in [0.3, 0.4) is 0 Å². The van der Waals surface area contributed by atoms with Gasteiger partial charge in [-0.2, -0.15) is 0 Å². The number of thioether (sulfide) groups is 1. The van der Waals surface area contributed by atoms with E-state index in [0.717, 1.165) is 30.1 Å². The molecule has 0 atom stereocenters. The molecule has 1 amide bonds. The minimum atomic E-state index is 0.0661. The molecule has 1 aliphatic rings. The van der Waals surface area contributed by atoms with E-state index in [-0.39, 0.29) is 11.7 Å². The number of rotatable bonds is 6. The van der Waals surface area contributed by atoms with Gasteiger partial charge in [0.2, 0.25) is 11.8 Å². The summed E-state index contributed by atoms with van der Waals surface area (Å²) in [5.74, 6) is 1.60. The number of amides is 1. The normalized spacial score (nSPS) is 15.0. The van der Waals surface area contributed by atoms with Gasteiger partial charge < -0.3 is 13.8 Å². The third-order valence-electron chi connectivity index (χ3n) is 4.60. The number of nitrogens with zero attached hydrogens (tertiary/aromatic N) is 5. The van der Waals surface area contributed by atoms with Crippen LogP contribution in [0.1, 0.15) is 11.5 Å². The molecule has 1 aromatic carbocycles. The number of hydrogen-bond acceptors (Lipinski definition) is 8. The quantitative estimate of drug-likeness (QED) is 0.548. The summed E-state index contributed by atoms with van der Waals surface area (Å²) in [6.45, 7) is 5.60. The highest BCUT2D eigenvalue weighted by Crippen LogP contribution is 2.24. The Balaban J connectivity index is 1.24. The number of hydrogen-bond donors (Lipinski definition) is 0. The number of aromatic nitrogens is 3. The van der Waals surface area contributed by atoms with Gasteiger partial charge in [-0.25, -0.2) is 0 Å². The van der Waals surface area contributed by atoms with E-state index in [9.17, 15) is 4.79 Å². The second kappa shape index (κ2) is 8.98. The zero-order chi connectivity index (χ0) is 20.2. The maximum atomic E-state index is 12.5. The second-order valence-electron chi connectivity index (χ2n) is 6.76. The smallest absolute Gasteiger partial charge is 0.277 e. The van der Waals surface area contributed by atoms with Crippen LogP contribution in [0, 0.1) is 6.92 Å².